The van der Waals surface area contributed by atoms with E-state index in [9.17, 15) is 4.79 Å². The lowest BCUT2D eigenvalue weighted by Gasteiger charge is -2.42. The Balaban J connectivity index is 2.19. The predicted octanol–water partition coefficient (Wildman–Crippen LogP) is 2.49. The van der Waals surface area contributed by atoms with Crippen molar-refractivity contribution >= 4 is 5.97 Å². The van der Waals surface area contributed by atoms with Crippen molar-refractivity contribution < 1.29 is 14.6 Å². The fourth-order valence-electron chi connectivity index (χ4n) is 2.38. The molecule has 1 aromatic rings. The van der Waals surface area contributed by atoms with E-state index in [0.29, 0.717) is 13.1 Å². The fourth-order valence-corrected chi connectivity index (χ4v) is 2.38. The highest BCUT2D eigenvalue weighted by Gasteiger charge is 2.41. The highest BCUT2D eigenvalue weighted by Crippen LogP contribution is 2.31. The lowest BCUT2D eigenvalue weighted by molar-refractivity contribution is -0.143. The zero-order valence-corrected chi connectivity index (χ0v) is 12.6. The molecule has 1 heterocycles. The van der Waals surface area contributed by atoms with Gasteiger partial charge in [0.1, 0.15) is 11.4 Å². The number of ether oxygens (including phenoxy) is 1. The summed E-state index contributed by atoms with van der Waals surface area (Å²) in [5, 5.41) is 12.1. The first-order valence-corrected chi connectivity index (χ1v) is 6.95. The topological polar surface area (TPSA) is 58.6 Å². The number of rotatable bonds is 4. The molecule has 0 atom stereocenters. The van der Waals surface area contributed by atoms with E-state index >= 15 is 0 Å². The maximum absolute atomic E-state index is 11.0. The van der Waals surface area contributed by atoms with Crippen molar-refractivity contribution in [3.63, 3.8) is 0 Å². The van der Waals surface area contributed by atoms with Gasteiger partial charge in [-0.1, -0.05) is 32.9 Å². The predicted molar refractivity (Wildman–Crippen MR) is 78.4 cm³/mol. The minimum absolute atomic E-state index is 0.0282. The molecule has 1 aliphatic heterocycles. The number of hydrogen-bond donors (Lipinski definition) is 2. The largest absolute Gasteiger partial charge is 0.484 e. The Morgan fingerprint density at radius 1 is 1.40 bits per heavy atom. The molecule has 4 heteroatoms. The van der Waals surface area contributed by atoms with Gasteiger partial charge in [0, 0.05) is 13.1 Å². The summed E-state index contributed by atoms with van der Waals surface area (Å²) in [5.41, 5.74) is 1.80. The summed E-state index contributed by atoms with van der Waals surface area (Å²) >= 11 is 0. The number of benzene rings is 1. The summed E-state index contributed by atoms with van der Waals surface area (Å²) in [6.45, 7) is 9.68. The third-order valence-corrected chi connectivity index (χ3v) is 3.74. The average molecular weight is 277 g/mol. The van der Waals surface area contributed by atoms with Gasteiger partial charge >= 0.3 is 5.97 Å². The second kappa shape index (κ2) is 5.09. The van der Waals surface area contributed by atoms with Gasteiger partial charge < -0.3 is 15.2 Å². The summed E-state index contributed by atoms with van der Waals surface area (Å²) in [5.74, 6) is -0.0452. The Bertz CT molecular complexity index is 513. The van der Waals surface area contributed by atoms with Gasteiger partial charge in [-0.2, -0.15) is 0 Å². The minimum Gasteiger partial charge on any atom is -0.484 e. The third kappa shape index (κ3) is 3.12. The Morgan fingerprint density at radius 3 is 2.45 bits per heavy atom. The van der Waals surface area contributed by atoms with Gasteiger partial charge in [-0.15, -0.1) is 0 Å². The number of aliphatic carboxylic acids is 1. The van der Waals surface area contributed by atoms with E-state index in [1.165, 1.54) is 5.56 Å². The van der Waals surface area contributed by atoms with Crippen LogP contribution >= 0.6 is 0 Å². The molecular formula is C16H23NO3. The number of carbonyl (C=O) groups is 1. The summed E-state index contributed by atoms with van der Waals surface area (Å²) < 4.78 is 6.00. The Labute approximate surface area is 120 Å². The minimum atomic E-state index is -0.824. The van der Waals surface area contributed by atoms with Gasteiger partial charge in [0.25, 0.3) is 0 Å². The molecule has 0 spiro atoms. The zero-order valence-electron chi connectivity index (χ0n) is 12.6. The zero-order chi connectivity index (χ0) is 15.0. The summed E-state index contributed by atoms with van der Waals surface area (Å²) in [4.78, 5) is 11.0. The molecule has 0 radical (unpaired) electrons. The van der Waals surface area contributed by atoms with E-state index < -0.39 is 11.6 Å². The highest BCUT2D eigenvalue weighted by atomic mass is 16.5. The Morgan fingerprint density at radius 2 is 2.05 bits per heavy atom. The molecule has 2 N–H and O–H groups in total. The van der Waals surface area contributed by atoms with Crippen LogP contribution in [0.2, 0.25) is 0 Å². The summed E-state index contributed by atoms with van der Waals surface area (Å²) in [6.07, 6.45) is 0.0282. The standard InChI is InChI=1S/C16H23NO3/c1-11-7-12(15(2,3)4)5-6-13(11)20-16(8-14(18)19)9-17-10-16/h5-7,17H,8-10H2,1-4H3,(H,18,19). The number of carboxylic acid groups (broad SMARTS) is 1. The van der Waals surface area contributed by atoms with Gasteiger partial charge in [0.15, 0.2) is 0 Å². The third-order valence-electron chi connectivity index (χ3n) is 3.74. The van der Waals surface area contributed by atoms with Crippen LogP contribution in [0, 0.1) is 6.92 Å². The second-order valence-electron chi connectivity index (χ2n) is 6.69. The summed E-state index contributed by atoms with van der Waals surface area (Å²) in [7, 11) is 0. The highest BCUT2D eigenvalue weighted by molar-refractivity contribution is 5.68. The van der Waals surface area contributed by atoms with E-state index in [-0.39, 0.29) is 11.8 Å². The first-order chi connectivity index (χ1) is 9.22. The molecule has 0 bridgehead atoms. The molecule has 110 valence electrons. The molecule has 1 fully saturated rings. The Hall–Kier alpha value is -1.55. The van der Waals surface area contributed by atoms with Crippen molar-refractivity contribution in [2.45, 2.75) is 45.1 Å². The van der Waals surface area contributed by atoms with Crippen LogP contribution < -0.4 is 10.1 Å². The van der Waals surface area contributed by atoms with Crippen LogP contribution in [0.4, 0.5) is 0 Å². The molecule has 0 aromatic heterocycles. The molecule has 1 aromatic carbocycles. The van der Waals surface area contributed by atoms with E-state index in [0.717, 1.165) is 11.3 Å². The molecule has 20 heavy (non-hydrogen) atoms. The van der Waals surface area contributed by atoms with Crippen molar-refractivity contribution in [3.05, 3.63) is 29.3 Å². The van der Waals surface area contributed by atoms with Crippen LogP contribution in [0.15, 0.2) is 18.2 Å². The lowest BCUT2D eigenvalue weighted by Crippen LogP contribution is -2.64. The van der Waals surface area contributed by atoms with Crippen molar-refractivity contribution in [1.29, 1.82) is 0 Å². The van der Waals surface area contributed by atoms with Crippen LogP contribution in [0.1, 0.15) is 38.3 Å². The van der Waals surface area contributed by atoms with Crippen LogP contribution in [0.3, 0.4) is 0 Å². The first-order valence-electron chi connectivity index (χ1n) is 6.95. The van der Waals surface area contributed by atoms with Crippen LogP contribution in [0.5, 0.6) is 5.75 Å². The van der Waals surface area contributed by atoms with Crippen LogP contribution in [0.25, 0.3) is 0 Å². The number of hydrogen-bond acceptors (Lipinski definition) is 3. The smallest absolute Gasteiger partial charge is 0.307 e. The number of nitrogens with one attached hydrogen (secondary N) is 1. The van der Waals surface area contributed by atoms with E-state index in [2.05, 4.69) is 38.2 Å². The van der Waals surface area contributed by atoms with Crippen LogP contribution in [-0.2, 0) is 10.2 Å². The van der Waals surface area contributed by atoms with Gasteiger partial charge in [-0.3, -0.25) is 4.79 Å². The molecule has 0 saturated carbocycles. The van der Waals surface area contributed by atoms with Crippen molar-refractivity contribution in [1.82, 2.24) is 5.32 Å². The number of aryl methyl sites for hydroxylation is 1. The monoisotopic (exact) mass is 277 g/mol. The van der Waals surface area contributed by atoms with Gasteiger partial charge in [0.2, 0.25) is 0 Å². The lowest BCUT2D eigenvalue weighted by atomic mass is 9.86. The molecule has 1 aliphatic rings. The summed E-state index contributed by atoms with van der Waals surface area (Å²) in [6, 6.07) is 6.14. The van der Waals surface area contributed by atoms with E-state index in [4.69, 9.17) is 9.84 Å². The molecule has 0 amide bonds. The quantitative estimate of drug-likeness (QED) is 0.887. The molecule has 0 aliphatic carbocycles. The maximum atomic E-state index is 11.0. The number of carboxylic acids is 1. The maximum Gasteiger partial charge on any atom is 0.307 e. The van der Waals surface area contributed by atoms with Crippen molar-refractivity contribution in [2.75, 3.05) is 13.1 Å². The van der Waals surface area contributed by atoms with Crippen LogP contribution in [-0.4, -0.2) is 29.8 Å². The fraction of sp³-hybridized carbons (Fsp3) is 0.562. The molecular weight excluding hydrogens is 254 g/mol. The Kier molecular flexibility index (Phi) is 3.78. The van der Waals surface area contributed by atoms with Gasteiger partial charge in [-0.25, -0.2) is 0 Å². The van der Waals surface area contributed by atoms with E-state index in [1.807, 2.05) is 13.0 Å². The van der Waals surface area contributed by atoms with Crippen molar-refractivity contribution in [3.8, 4) is 5.75 Å². The normalized spacial score (nSPS) is 17.4. The molecule has 2 rings (SSSR count). The SMILES string of the molecule is Cc1cc(C(C)(C)C)ccc1OC1(CC(=O)O)CNC1. The van der Waals surface area contributed by atoms with Gasteiger partial charge in [0.05, 0.1) is 6.42 Å². The molecule has 4 nitrogen and oxygen atoms in total. The van der Waals surface area contributed by atoms with Crippen molar-refractivity contribution in [2.24, 2.45) is 0 Å². The van der Waals surface area contributed by atoms with E-state index in [1.54, 1.807) is 0 Å². The average Bonchev–Trinajstić information content (AvgIpc) is 2.26. The first kappa shape index (κ1) is 14.9. The molecule has 1 saturated heterocycles. The van der Waals surface area contributed by atoms with Gasteiger partial charge in [-0.05, 0) is 29.5 Å². The second-order valence-corrected chi connectivity index (χ2v) is 6.69. The molecule has 0 unspecified atom stereocenters.